The molecule has 0 radical (unpaired) electrons. The fraction of sp³-hybridized carbons (Fsp3) is 0.412. The van der Waals surface area contributed by atoms with Gasteiger partial charge in [0.1, 0.15) is 0 Å². The highest BCUT2D eigenvalue weighted by molar-refractivity contribution is 7.14. The Morgan fingerprint density at radius 1 is 1.36 bits per heavy atom. The van der Waals surface area contributed by atoms with Crippen LogP contribution in [0.1, 0.15) is 26.7 Å². The molecule has 5 heteroatoms. The SMILES string of the molecule is CCCCN(CC(C)C(=O)O)c1nc(-c2ccccc2)cs1. The van der Waals surface area contributed by atoms with E-state index in [0.717, 1.165) is 35.8 Å². The third-order valence-electron chi connectivity index (χ3n) is 3.53. The van der Waals surface area contributed by atoms with Gasteiger partial charge in [-0.3, -0.25) is 4.79 Å². The van der Waals surface area contributed by atoms with E-state index in [4.69, 9.17) is 10.1 Å². The van der Waals surface area contributed by atoms with Gasteiger partial charge in [0.15, 0.2) is 5.13 Å². The van der Waals surface area contributed by atoms with Gasteiger partial charge in [-0.15, -0.1) is 11.3 Å². The summed E-state index contributed by atoms with van der Waals surface area (Å²) in [5.41, 5.74) is 2.04. The Kier molecular flexibility index (Phi) is 5.95. The highest BCUT2D eigenvalue weighted by atomic mass is 32.1. The van der Waals surface area contributed by atoms with Gasteiger partial charge in [0.05, 0.1) is 11.6 Å². The molecule has 1 aromatic carbocycles. The first-order valence-corrected chi connectivity index (χ1v) is 8.48. The summed E-state index contributed by atoms with van der Waals surface area (Å²) >= 11 is 1.58. The molecule has 0 aliphatic carbocycles. The molecule has 1 unspecified atom stereocenters. The first kappa shape index (κ1) is 16.5. The van der Waals surface area contributed by atoms with Gasteiger partial charge in [-0.05, 0) is 6.42 Å². The van der Waals surface area contributed by atoms with Crippen molar-refractivity contribution < 1.29 is 9.90 Å². The van der Waals surface area contributed by atoms with Crippen LogP contribution in [0.2, 0.25) is 0 Å². The number of thiazole rings is 1. The van der Waals surface area contributed by atoms with Gasteiger partial charge in [0, 0.05) is 24.0 Å². The third-order valence-corrected chi connectivity index (χ3v) is 4.43. The first-order valence-electron chi connectivity index (χ1n) is 7.60. The second-order valence-corrected chi connectivity index (χ2v) is 6.26. The predicted molar refractivity (Wildman–Crippen MR) is 91.5 cm³/mol. The van der Waals surface area contributed by atoms with E-state index in [1.54, 1.807) is 18.3 Å². The molecule has 118 valence electrons. The average Bonchev–Trinajstić information content (AvgIpc) is 3.01. The van der Waals surface area contributed by atoms with Gasteiger partial charge >= 0.3 is 5.97 Å². The van der Waals surface area contributed by atoms with E-state index in [1.165, 1.54) is 0 Å². The lowest BCUT2D eigenvalue weighted by Crippen LogP contribution is -2.32. The number of carboxylic acids is 1. The molecule has 2 rings (SSSR count). The van der Waals surface area contributed by atoms with Crippen molar-refractivity contribution in [2.75, 3.05) is 18.0 Å². The van der Waals surface area contributed by atoms with E-state index >= 15 is 0 Å². The van der Waals surface area contributed by atoms with Crippen molar-refractivity contribution in [1.82, 2.24) is 4.98 Å². The summed E-state index contributed by atoms with van der Waals surface area (Å²) in [7, 11) is 0. The Labute approximate surface area is 135 Å². The zero-order valence-electron chi connectivity index (χ0n) is 13.0. The van der Waals surface area contributed by atoms with Gasteiger partial charge in [-0.2, -0.15) is 0 Å². The summed E-state index contributed by atoms with van der Waals surface area (Å²) in [5.74, 6) is -1.16. The number of anilines is 1. The van der Waals surface area contributed by atoms with Crippen molar-refractivity contribution >= 4 is 22.4 Å². The van der Waals surface area contributed by atoms with E-state index in [-0.39, 0.29) is 0 Å². The van der Waals surface area contributed by atoms with Gasteiger partial charge < -0.3 is 10.0 Å². The Bertz CT molecular complexity index is 598. The lowest BCUT2D eigenvalue weighted by Gasteiger charge is -2.23. The minimum absolute atomic E-state index is 0.402. The molecule has 0 aliphatic heterocycles. The molecule has 22 heavy (non-hydrogen) atoms. The summed E-state index contributed by atoms with van der Waals surface area (Å²) < 4.78 is 0. The van der Waals surface area contributed by atoms with Crippen LogP contribution in [0.5, 0.6) is 0 Å². The van der Waals surface area contributed by atoms with Crippen LogP contribution in [0.15, 0.2) is 35.7 Å². The summed E-state index contributed by atoms with van der Waals surface area (Å²) in [4.78, 5) is 17.9. The van der Waals surface area contributed by atoms with E-state index in [0.29, 0.717) is 6.54 Å². The Hall–Kier alpha value is -1.88. The summed E-state index contributed by atoms with van der Waals surface area (Å²) in [5, 5.41) is 12.1. The number of rotatable bonds is 8. The number of aromatic nitrogens is 1. The number of hydrogen-bond acceptors (Lipinski definition) is 4. The second-order valence-electron chi connectivity index (χ2n) is 5.42. The average molecular weight is 318 g/mol. The molecular formula is C17H22N2O2S. The van der Waals surface area contributed by atoms with Crippen LogP contribution in [0, 0.1) is 5.92 Å². The van der Waals surface area contributed by atoms with E-state index in [9.17, 15) is 4.79 Å². The molecule has 1 N–H and O–H groups in total. The second kappa shape index (κ2) is 7.94. The summed E-state index contributed by atoms with van der Waals surface area (Å²) in [6, 6.07) is 10.1. The first-order chi connectivity index (χ1) is 10.6. The molecule has 0 amide bonds. The summed E-state index contributed by atoms with van der Waals surface area (Å²) in [6.45, 7) is 5.22. The maximum absolute atomic E-state index is 11.1. The van der Waals surface area contributed by atoms with E-state index in [2.05, 4.69) is 11.8 Å². The van der Waals surface area contributed by atoms with E-state index in [1.807, 2.05) is 35.7 Å². The number of unbranched alkanes of at least 4 members (excludes halogenated alkanes) is 1. The maximum Gasteiger partial charge on any atom is 0.308 e. The van der Waals surface area contributed by atoms with Crippen molar-refractivity contribution in [3.63, 3.8) is 0 Å². The monoisotopic (exact) mass is 318 g/mol. The minimum atomic E-state index is -0.763. The Balaban J connectivity index is 2.17. The number of hydrogen-bond donors (Lipinski definition) is 1. The van der Waals surface area contributed by atoms with Crippen molar-refractivity contribution in [1.29, 1.82) is 0 Å². The van der Waals surface area contributed by atoms with E-state index < -0.39 is 11.9 Å². The fourth-order valence-electron chi connectivity index (χ4n) is 2.17. The quantitative estimate of drug-likeness (QED) is 0.795. The molecule has 4 nitrogen and oxygen atoms in total. The van der Waals surface area contributed by atoms with Gasteiger partial charge in [-0.1, -0.05) is 50.6 Å². The van der Waals surface area contributed by atoms with Crippen molar-refractivity contribution in [2.24, 2.45) is 5.92 Å². The smallest absolute Gasteiger partial charge is 0.308 e. The molecule has 0 spiro atoms. The predicted octanol–water partition coefficient (Wildman–Crippen LogP) is 4.14. The van der Waals surface area contributed by atoms with Crippen LogP contribution in [-0.2, 0) is 4.79 Å². The van der Waals surface area contributed by atoms with Crippen LogP contribution >= 0.6 is 11.3 Å². The molecule has 0 fully saturated rings. The van der Waals surface area contributed by atoms with Crippen LogP contribution in [0.3, 0.4) is 0 Å². The molecule has 0 bridgehead atoms. The lowest BCUT2D eigenvalue weighted by molar-refractivity contribution is -0.140. The van der Waals surface area contributed by atoms with Crippen LogP contribution in [0.4, 0.5) is 5.13 Å². The van der Waals surface area contributed by atoms with Gasteiger partial charge in [0.25, 0.3) is 0 Å². The van der Waals surface area contributed by atoms with Crippen LogP contribution in [0.25, 0.3) is 11.3 Å². The Morgan fingerprint density at radius 2 is 2.09 bits per heavy atom. The molecule has 1 heterocycles. The summed E-state index contributed by atoms with van der Waals surface area (Å²) in [6.07, 6.45) is 2.11. The zero-order valence-corrected chi connectivity index (χ0v) is 13.8. The normalized spacial score (nSPS) is 12.1. The maximum atomic E-state index is 11.1. The number of aliphatic carboxylic acids is 1. The molecular weight excluding hydrogens is 296 g/mol. The van der Waals surface area contributed by atoms with Crippen LogP contribution in [-0.4, -0.2) is 29.1 Å². The number of carbonyl (C=O) groups is 1. The van der Waals surface area contributed by atoms with Gasteiger partial charge in [-0.25, -0.2) is 4.98 Å². The molecule has 1 aromatic heterocycles. The number of carboxylic acid groups (broad SMARTS) is 1. The third kappa shape index (κ3) is 4.31. The molecule has 1 atom stereocenters. The van der Waals surface area contributed by atoms with Crippen molar-refractivity contribution in [3.8, 4) is 11.3 Å². The topological polar surface area (TPSA) is 53.4 Å². The highest BCUT2D eigenvalue weighted by Gasteiger charge is 2.18. The minimum Gasteiger partial charge on any atom is -0.481 e. The van der Waals surface area contributed by atoms with Crippen molar-refractivity contribution in [2.45, 2.75) is 26.7 Å². The lowest BCUT2D eigenvalue weighted by atomic mass is 10.1. The van der Waals surface area contributed by atoms with Crippen LogP contribution < -0.4 is 4.90 Å². The van der Waals surface area contributed by atoms with Crippen molar-refractivity contribution in [3.05, 3.63) is 35.7 Å². The number of benzene rings is 1. The van der Waals surface area contributed by atoms with Gasteiger partial charge in [0.2, 0.25) is 0 Å². The number of nitrogens with zero attached hydrogens (tertiary/aromatic N) is 2. The largest absolute Gasteiger partial charge is 0.481 e. The molecule has 0 aliphatic rings. The standard InChI is InChI=1S/C17H22N2O2S/c1-3-4-10-19(11-13(2)16(20)21)17-18-15(12-22-17)14-8-6-5-7-9-14/h5-9,12-13H,3-4,10-11H2,1-2H3,(H,20,21). The fourth-order valence-corrected chi connectivity index (χ4v) is 3.05. The molecule has 0 saturated heterocycles. The molecule has 2 aromatic rings. The Morgan fingerprint density at radius 3 is 2.73 bits per heavy atom. The highest BCUT2D eigenvalue weighted by Crippen LogP contribution is 2.28. The zero-order chi connectivity index (χ0) is 15.9. The molecule has 0 saturated carbocycles.